The molecule has 3 amide bonds. The number of hydrogen-bond acceptors (Lipinski definition) is 6. The van der Waals surface area contributed by atoms with Crippen LogP contribution in [0.5, 0.6) is 0 Å². The van der Waals surface area contributed by atoms with Crippen LogP contribution >= 0.6 is 0 Å². The van der Waals surface area contributed by atoms with E-state index < -0.39 is 35.4 Å². The van der Waals surface area contributed by atoms with Crippen LogP contribution in [0.15, 0.2) is 42.5 Å². The van der Waals surface area contributed by atoms with Gasteiger partial charge in [0.1, 0.15) is 12.6 Å². The minimum atomic E-state index is -1.05. The summed E-state index contributed by atoms with van der Waals surface area (Å²) in [4.78, 5) is 28.5. The summed E-state index contributed by atoms with van der Waals surface area (Å²) in [6.45, 7) is 1.27. The average Bonchev–Trinajstić information content (AvgIpc) is 3.52. The van der Waals surface area contributed by atoms with Crippen LogP contribution in [-0.2, 0) is 10.3 Å². The molecule has 2 heterocycles. The Labute approximate surface area is 213 Å². The van der Waals surface area contributed by atoms with Crippen molar-refractivity contribution in [2.45, 2.75) is 55.8 Å². The third kappa shape index (κ3) is 5.02. The predicted octanol–water partition coefficient (Wildman–Crippen LogP) is 3.94. The maximum atomic E-state index is 13.7. The van der Waals surface area contributed by atoms with E-state index in [1.54, 1.807) is 12.1 Å². The number of nitrogens with zero attached hydrogens (tertiary/aromatic N) is 3. The van der Waals surface area contributed by atoms with Crippen molar-refractivity contribution in [3.8, 4) is 6.07 Å². The number of cyclic esters (lactones) is 1. The molecule has 10 heteroatoms. The number of halogens is 2. The van der Waals surface area contributed by atoms with Crippen molar-refractivity contribution in [1.29, 1.82) is 5.26 Å². The number of benzene rings is 2. The lowest BCUT2D eigenvalue weighted by Gasteiger charge is -2.40. The minimum Gasteiger partial charge on any atom is -0.446 e. The number of urea groups is 1. The van der Waals surface area contributed by atoms with Crippen LogP contribution in [0.4, 0.5) is 18.4 Å². The number of carbonyl (C=O) groups is 2. The summed E-state index contributed by atoms with van der Waals surface area (Å²) in [5.41, 5.74) is 0.752. The Morgan fingerprint density at radius 2 is 1.84 bits per heavy atom. The number of hydrogen-bond donors (Lipinski definition) is 2. The van der Waals surface area contributed by atoms with E-state index in [0.29, 0.717) is 31.4 Å². The van der Waals surface area contributed by atoms with Gasteiger partial charge in [-0.05, 0) is 67.5 Å². The summed E-state index contributed by atoms with van der Waals surface area (Å²) >= 11 is 0. The average molecular weight is 511 g/mol. The monoisotopic (exact) mass is 510 g/mol. The second-order valence-electron chi connectivity index (χ2n) is 10.0. The molecule has 0 spiro atoms. The summed E-state index contributed by atoms with van der Waals surface area (Å²) in [7, 11) is 0. The predicted molar refractivity (Wildman–Crippen MR) is 128 cm³/mol. The van der Waals surface area contributed by atoms with Gasteiger partial charge in [-0.15, -0.1) is 0 Å². The highest BCUT2D eigenvalue weighted by molar-refractivity contribution is 5.92. The Morgan fingerprint density at radius 3 is 2.51 bits per heavy atom. The lowest BCUT2D eigenvalue weighted by Crippen LogP contribution is -2.48. The molecule has 3 aliphatic rings. The molecule has 1 aliphatic carbocycles. The van der Waals surface area contributed by atoms with Crippen LogP contribution in [0.25, 0.3) is 0 Å². The van der Waals surface area contributed by atoms with E-state index in [-0.39, 0.29) is 24.3 Å². The Kier molecular flexibility index (Phi) is 6.84. The van der Waals surface area contributed by atoms with Crippen LogP contribution in [0.3, 0.4) is 0 Å². The maximum Gasteiger partial charge on any atom is 0.418 e. The summed E-state index contributed by atoms with van der Waals surface area (Å²) in [6, 6.07) is 11.1. The normalized spacial score (nSPS) is 28.1. The van der Waals surface area contributed by atoms with Crippen molar-refractivity contribution in [3.63, 3.8) is 0 Å². The number of rotatable bonds is 4. The van der Waals surface area contributed by atoms with E-state index in [1.807, 2.05) is 12.1 Å². The zero-order chi connectivity index (χ0) is 26.2. The maximum absolute atomic E-state index is 13.7. The molecule has 37 heavy (non-hydrogen) atoms. The molecule has 0 aromatic heterocycles. The molecule has 5 rings (SSSR count). The molecule has 2 aromatic carbocycles. The second kappa shape index (κ2) is 10.1. The molecule has 0 radical (unpaired) electrons. The number of likely N-dealkylation sites (tertiary alicyclic amines) is 1. The molecule has 194 valence electrons. The molecule has 0 bridgehead atoms. The Morgan fingerprint density at radius 1 is 1.11 bits per heavy atom. The molecule has 1 saturated carbocycles. The fourth-order valence-corrected chi connectivity index (χ4v) is 5.68. The van der Waals surface area contributed by atoms with E-state index in [9.17, 15) is 23.5 Å². The Hall–Kier alpha value is -3.55. The first-order valence-electron chi connectivity index (χ1n) is 12.5. The van der Waals surface area contributed by atoms with Crippen LogP contribution in [-0.4, -0.2) is 58.8 Å². The Balaban J connectivity index is 1.16. The highest BCUT2D eigenvalue weighted by Gasteiger charge is 2.42. The number of carbonyl (C=O) groups excluding carboxylic acids is 2. The Bertz CT molecular complexity index is 1220. The fourth-order valence-electron chi connectivity index (χ4n) is 5.68. The van der Waals surface area contributed by atoms with Crippen LogP contribution in [0.2, 0.25) is 0 Å². The van der Waals surface area contributed by atoms with Gasteiger partial charge in [-0.1, -0.05) is 18.2 Å². The molecular formula is C27H28F2N4O4. The summed E-state index contributed by atoms with van der Waals surface area (Å²) in [5.74, 6) is -2.06. The SMILES string of the molecule is N#Cc1ccc(C2(O)CCC(N3CC[C@@H](NC(=O)N4C(=O)OC[C@@H]4c4ccc(F)c(F)c4)C3)CC2)cc1. The van der Waals surface area contributed by atoms with Gasteiger partial charge in [0.05, 0.1) is 17.2 Å². The van der Waals surface area contributed by atoms with E-state index in [4.69, 9.17) is 10.00 Å². The number of nitrogens with one attached hydrogen (secondary N) is 1. The van der Waals surface area contributed by atoms with Gasteiger partial charge in [-0.2, -0.15) is 5.26 Å². The first kappa shape index (κ1) is 25.1. The molecule has 3 fully saturated rings. The third-order valence-corrected chi connectivity index (χ3v) is 7.82. The number of nitriles is 1. The van der Waals surface area contributed by atoms with Crippen molar-refractivity contribution < 1.29 is 28.2 Å². The third-order valence-electron chi connectivity index (χ3n) is 7.82. The zero-order valence-corrected chi connectivity index (χ0v) is 20.2. The molecule has 2 saturated heterocycles. The number of aliphatic hydroxyl groups is 1. The molecule has 2 aromatic rings. The lowest BCUT2D eigenvalue weighted by molar-refractivity contribution is -0.0223. The van der Waals surface area contributed by atoms with Gasteiger partial charge in [0.15, 0.2) is 11.6 Å². The molecule has 0 unspecified atom stereocenters. The first-order chi connectivity index (χ1) is 17.8. The van der Waals surface area contributed by atoms with E-state index in [0.717, 1.165) is 42.0 Å². The van der Waals surface area contributed by atoms with Crippen LogP contribution < -0.4 is 5.32 Å². The minimum absolute atomic E-state index is 0.127. The van der Waals surface area contributed by atoms with Crippen molar-refractivity contribution in [3.05, 3.63) is 70.8 Å². The fraction of sp³-hybridized carbons (Fsp3) is 0.444. The van der Waals surface area contributed by atoms with E-state index in [2.05, 4.69) is 16.3 Å². The molecular weight excluding hydrogens is 482 g/mol. The first-order valence-corrected chi connectivity index (χ1v) is 12.5. The highest BCUT2D eigenvalue weighted by Crippen LogP contribution is 2.39. The van der Waals surface area contributed by atoms with Crippen molar-refractivity contribution >= 4 is 12.1 Å². The van der Waals surface area contributed by atoms with Gasteiger partial charge in [0.2, 0.25) is 0 Å². The van der Waals surface area contributed by atoms with Gasteiger partial charge in [-0.3, -0.25) is 4.90 Å². The van der Waals surface area contributed by atoms with Crippen LogP contribution in [0.1, 0.15) is 54.8 Å². The van der Waals surface area contributed by atoms with Gasteiger partial charge in [0.25, 0.3) is 0 Å². The molecule has 2 atom stereocenters. The summed E-state index contributed by atoms with van der Waals surface area (Å²) in [5, 5.41) is 23.1. The van der Waals surface area contributed by atoms with Gasteiger partial charge in [0, 0.05) is 25.2 Å². The summed E-state index contributed by atoms with van der Waals surface area (Å²) < 4.78 is 32.1. The standard InChI is InChI=1S/C27H28F2N4O4/c28-22-6-3-18(13-23(22)29)24-16-37-26(35)33(24)25(34)31-20-9-12-32(15-20)21-7-10-27(36,11-8-21)19-4-1-17(14-30)2-5-19/h1-6,13,20-21,24,36H,7-12,15-16H2,(H,31,34)/t20-,21?,24-,27?/m1/s1. The second-order valence-corrected chi connectivity index (χ2v) is 10.0. The van der Waals surface area contributed by atoms with Gasteiger partial charge < -0.3 is 15.2 Å². The van der Waals surface area contributed by atoms with Crippen LogP contribution in [0, 0.1) is 23.0 Å². The van der Waals surface area contributed by atoms with E-state index >= 15 is 0 Å². The number of amides is 3. The van der Waals surface area contributed by atoms with Crippen molar-refractivity contribution in [2.75, 3.05) is 19.7 Å². The number of ether oxygens (including phenoxy) is 1. The van der Waals surface area contributed by atoms with Crippen molar-refractivity contribution in [1.82, 2.24) is 15.1 Å². The number of imide groups is 1. The topological polar surface area (TPSA) is 106 Å². The molecule has 8 nitrogen and oxygen atoms in total. The zero-order valence-electron chi connectivity index (χ0n) is 20.2. The summed E-state index contributed by atoms with van der Waals surface area (Å²) in [6.07, 6.45) is 2.69. The largest absolute Gasteiger partial charge is 0.446 e. The lowest BCUT2D eigenvalue weighted by atomic mass is 9.77. The van der Waals surface area contributed by atoms with Gasteiger partial charge >= 0.3 is 12.1 Å². The van der Waals surface area contributed by atoms with Crippen molar-refractivity contribution in [2.24, 2.45) is 0 Å². The quantitative estimate of drug-likeness (QED) is 0.646. The van der Waals surface area contributed by atoms with E-state index in [1.165, 1.54) is 6.07 Å². The molecule has 2 aliphatic heterocycles. The van der Waals surface area contributed by atoms with Gasteiger partial charge in [-0.25, -0.2) is 23.3 Å². The molecule has 2 N–H and O–H groups in total. The smallest absolute Gasteiger partial charge is 0.418 e. The highest BCUT2D eigenvalue weighted by atomic mass is 19.2.